The van der Waals surface area contributed by atoms with Crippen LogP contribution in [0.15, 0.2) is 42.3 Å². The van der Waals surface area contributed by atoms with E-state index in [0.29, 0.717) is 30.3 Å². The van der Waals surface area contributed by atoms with Gasteiger partial charge in [-0.05, 0) is 57.3 Å². The van der Waals surface area contributed by atoms with Crippen LogP contribution in [0.3, 0.4) is 0 Å². The van der Waals surface area contributed by atoms with Crippen LogP contribution in [0.1, 0.15) is 25.3 Å². The number of hydrogen-bond donors (Lipinski definition) is 2. The normalized spacial score (nSPS) is 17.8. The van der Waals surface area contributed by atoms with Gasteiger partial charge in [0.15, 0.2) is 5.78 Å². The average Bonchev–Trinajstić information content (AvgIpc) is 2.44. The number of allylic oxidation sites excluding steroid dienone is 3. The van der Waals surface area contributed by atoms with E-state index in [1.54, 1.807) is 13.0 Å². The van der Waals surface area contributed by atoms with E-state index in [1.807, 2.05) is 6.07 Å². The van der Waals surface area contributed by atoms with E-state index in [9.17, 15) is 15.2 Å². The van der Waals surface area contributed by atoms with Gasteiger partial charge >= 0.3 is 0 Å². The number of nitrogens with two attached hydrogens (primary N) is 1. The Morgan fingerprint density at radius 2 is 2.00 bits per heavy atom. The number of phenols is 1. The third kappa shape index (κ3) is 3.05. The lowest BCUT2D eigenvalue weighted by atomic mass is 9.81. The van der Waals surface area contributed by atoms with Crippen molar-refractivity contribution in [2.24, 2.45) is 5.73 Å². The molecule has 23 heavy (non-hydrogen) atoms. The third-order valence-electron chi connectivity index (χ3n) is 3.45. The van der Waals surface area contributed by atoms with Crippen LogP contribution in [-0.4, -0.2) is 10.9 Å². The molecule has 1 aliphatic rings. The number of phenolic OH excluding ortho intramolecular Hbond substituents is 1. The minimum Gasteiger partial charge on any atom is -0.506 e. The first-order chi connectivity index (χ1) is 10.7. The Kier molecular flexibility index (Phi) is 5.23. The summed E-state index contributed by atoms with van der Waals surface area (Å²) in [4.78, 5) is 12.1. The van der Waals surface area contributed by atoms with Crippen LogP contribution in [0.2, 0.25) is 0 Å². The lowest BCUT2D eigenvalue weighted by Gasteiger charge is -2.28. The summed E-state index contributed by atoms with van der Waals surface area (Å²) in [6, 6.07) is 3.65. The number of aromatic hydroxyl groups is 1. The fourth-order valence-electron chi connectivity index (χ4n) is 2.48. The molecule has 5 nitrogen and oxygen atoms in total. The van der Waals surface area contributed by atoms with Gasteiger partial charge in [-0.25, -0.2) is 0 Å². The SMILES string of the molecule is CC(=O)C1=C(C)OC(N)=C(C#N)[C@@H]1c1c(Br)cc(Br)c(O)c1Br. The van der Waals surface area contributed by atoms with Gasteiger partial charge in [0, 0.05) is 10.0 Å². The molecule has 0 amide bonds. The van der Waals surface area contributed by atoms with Gasteiger partial charge in [-0.3, -0.25) is 4.79 Å². The Hall–Kier alpha value is -1.30. The Bertz CT molecular complexity index is 822. The highest BCUT2D eigenvalue weighted by Gasteiger charge is 2.37. The molecule has 3 N–H and O–H groups in total. The predicted octanol–water partition coefficient (Wildman–Crippen LogP) is 4.35. The van der Waals surface area contributed by atoms with E-state index < -0.39 is 5.92 Å². The number of Topliss-reactive ketones (excluding diaryl/α,β-unsaturated/α-hetero) is 1. The van der Waals surface area contributed by atoms with Gasteiger partial charge in [0.25, 0.3) is 0 Å². The minimum atomic E-state index is -0.742. The van der Waals surface area contributed by atoms with E-state index in [2.05, 4.69) is 47.8 Å². The van der Waals surface area contributed by atoms with E-state index in [-0.39, 0.29) is 23.0 Å². The molecule has 1 aromatic rings. The maximum atomic E-state index is 12.1. The summed E-state index contributed by atoms with van der Waals surface area (Å²) < 4.78 is 6.77. The standard InChI is InChI=1S/C15H11Br3N2O3/c1-5(21)10-6(2)23-15(20)7(4-19)11(10)12-8(16)3-9(17)14(22)13(12)18/h3,11,22H,20H2,1-2H3/t11-/m0/s1. The lowest BCUT2D eigenvalue weighted by molar-refractivity contribution is -0.114. The topological polar surface area (TPSA) is 96.3 Å². The number of carbonyl (C=O) groups is 1. The van der Waals surface area contributed by atoms with Crippen LogP contribution in [-0.2, 0) is 9.53 Å². The molecule has 0 unspecified atom stereocenters. The first-order valence-corrected chi connectivity index (χ1v) is 8.74. The summed E-state index contributed by atoms with van der Waals surface area (Å²) in [6.07, 6.45) is 0. The number of ketones is 1. The number of nitriles is 1. The van der Waals surface area contributed by atoms with Crippen molar-refractivity contribution in [3.8, 4) is 11.8 Å². The minimum absolute atomic E-state index is 0.0360. The number of halogens is 3. The van der Waals surface area contributed by atoms with Gasteiger partial charge < -0.3 is 15.6 Å². The van der Waals surface area contributed by atoms with E-state index in [4.69, 9.17) is 10.5 Å². The zero-order valence-electron chi connectivity index (χ0n) is 12.1. The summed E-state index contributed by atoms with van der Waals surface area (Å²) in [6.45, 7) is 3.01. The molecule has 0 saturated carbocycles. The summed E-state index contributed by atoms with van der Waals surface area (Å²) in [5.41, 5.74) is 6.78. The van der Waals surface area contributed by atoms with Gasteiger partial charge in [-0.15, -0.1) is 0 Å². The van der Waals surface area contributed by atoms with Crippen LogP contribution in [0.4, 0.5) is 0 Å². The van der Waals surface area contributed by atoms with Crippen molar-refractivity contribution in [3.05, 3.63) is 47.8 Å². The van der Waals surface area contributed by atoms with Crippen molar-refractivity contribution in [3.63, 3.8) is 0 Å². The summed E-state index contributed by atoms with van der Waals surface area (Å²) in [5.74, 6) is -0.740. The third-order valence-corrected chi connectivity index (χ3v) is 5.52. The molecule has 0 bridgehead atoms. The molecule has 0 radical (unpaired) electrons. The maximum absolute atomic E-state index is 12.1. The van der Waals surface area contributed by atoms with E-state index >= 15 is 0 Å². The lowest BCUT2D eigenvalue weighted by Crippen LogP contribution is -2.23. The molecule has 1 heterocycles. The summed E-state index contributed by atoms with van der Waals surface area (Å²) in [5, 5.41) is 19.7. The molecular formula is C15H11Br3N2O3. The molecule has 0 saturated heterocycles. The molecule has 0 aromatic heterocycles. The van der Waals surface area contributed by atoms with Crippen LogP contribution in [0, 0.1) is 11.3 Å². The Labute approximate surface area is 158 Å². The van der Waals surface area contributed by atoms with Crippen molar-refractivity contribution in [2.75, 3.05) is 0 Å². The number of hydrogen-bond acceptors (Lipinski definition) is 5. The first-order valence-electron chi connectivity index (χ1n) is 6.36. The largest absolute Gasteiger partial charge is 0.506 e. The Morgan fingerprint density at radius 1 is 1.39 bits per heavy atom. The van der Waals surface area contributed by atoms with Crippen LogP contribution >= 0.6 is 47.8 Å². The smallest absolute Gasteiger partial charge is 0.205 e. The molecule has 0 spiro atoms. The molecule has 1 atom stereocenters. The highest BCUT2D eigenvalue weighted by molar-refractivity contribution is 9.11. The highest BCUT2D eigenvalue weighted by atomic mass is 79.9. The molecule has 120 valence electrons. The second-order valence-corrected chi connectivity index (χ2v) is 7.37. The molecule has 2 rings (SSSR count). The van der Waals surface area contributed by atoms with Gasteiger partial charge in [0.2, 0.25) is 5.88 Å². The monoisotopic (exact) mass is 504 g/mol. The van der Waals surface area contributed by atoms with E-state index in [1.165, 1.54) is 6.92 Å². The second kappa shape index (κ2) is 6.67. The molecule has 0 fully saturated rings. The van der Waals surface area contributed by atoms with Crippen LogP contribution < -0.4 is 5.73 Å². The second-order valence-electron chi connectivity index (χ2n) is 4.87. The molecule has 1 aromatic carbocycles. The van der Waals surface area contributed by atoms with Crippen molar-refractivity contribution < 1.29 is 14.6 Å². The van der Waals surface area contributed by atoms with E-state index in [0.717, 1.165) is 0 Å². The maximum Gasteiger partial charge on any atom is 0.205 e. The fraction of sp³-hybridized carbons (Fsp3) is 0.200. The number of rotatable bonds is 2. The molecule has 0 aliphatic carbocycles. The predicted molar refractivity (Wildman–Crippen MR) is 95.2 cm³/mol. The first kappa shape index (κ1) is 18.0. The summed E-state index contributed by atoms with van der Waals surface area (Å²) in [7, 11) is 0. The number of nitrogens with zero attached hydrogens (tertiary/aromatic N) is 1. The highest BCUT2D eigenvalue weighted by Crippen LogP contribution is 2.49. The molecule has 1 aliphatic heterocycles. The number of ether oxygens (including phenoxy) is 1. The zero-order chi connectivity index (χ0) is 17.5. The summed E-state index contributed by atoms with van der Waals surface area (Å²) >= 11 is 9.99. The zero-order valence-corrected chi connectivity index (χ0v) is 16.8. The van der Waals surface area contributed by atoms with Gasteiger partial charge in [-0.1, -0.05) is 15.9 Å². The van der Waals surface area contributed by atoms with Crippen LogP contribution in [0.25, 0.3) is 0 Å². The van der Waals surface area contributed by atoms with Crippen molar-refractivity contribution in [1.29, 1.82) is 5.26 Å². The Balaban J connectivity index is 2.86. The quantitative estimate of drug-likeness (QED) is 0.621. The molecule has 8 heteroatoms. The number of benzene rings is 1. The average molecular weight is 507 g/mol. The van der Waals surface area contributed by atoms with Crippen molar-refractivity contribution in [1.82, 2.24) is 0 Å². The van der Waals surface area contributed by atoms with Crippen molar-refractivity contribution >= 4 is 53.6 Å². The van der Waals surface area contributed by atoms with Crippen LogP contribution in [0.5, 0.6) is 5.75 Å². The van der Waals surface area contributed by atoms with Gasteiger partial charge in [0.1, 0.15) is 23.2 Å². The van der Waals surface area contributed by atoms with Crippen molar-refractivity contribution in [2.45, 2.75) is 19.8 Å². The fourth-order valence-corrected chi connectivity index (χ4v) is 5.06. The van der Waals surface area contributed by atoms with Gasteiger partial charge in [-0.2, -0.15) is 5.26 Å². The molecular weight excluding hydrogens is 496 g/mol. The van der Waals surface area contributed by atoms with Gasteiger partial charge in [0.05, 0.1) is 14.9 Å². The Morgan fingerprint density at radius 3 is 2.52 bits per heavy atom. The number of carbonyl (C=O) groups excluding carboxylic acids is 1.